The highest BCUT2D eigenvalue weighted by Gasteiger charge is 2.10. The largest absolute Gasteiger partial charge is 0.497 e. The molecule has 0 unspecified atom stereocenters. The van der Waals surface area contributed by atoms with Gasteiger partial charge in [0.25, 0.3) is 11.8 Å². The number of methoxy groups -OCH3 is 1. The van der Waals surface area contributed by atoms with E-state index in [1.165, 1.54) is 55.6 Å². The van der Waals surface area contributed by atoms with Crippen molar-refractivity contribution in [2.24, 2.45) is 0 Å². The molecule has 0 aliphatic carbocycles. The van der Waals surface area contributed by atoms with Crippen molar-refractivity contribution < 1.29 is 28.2 Å². The van der Waals surface area contributed by atoms with Crippen LogP contribution >= 0.6 is 0 Å². The summed E-state index contributed by atoms with van der Waals surface area (Å²) in [5.41, 5.74) is 6.09. The van der Waals surface area contributed by atoms with Crippen molar-refractivity contribution in [3.05, 3.63) is 89.7 Å². The zero-order valence-electron chi connectivity index (χ0n) is 17.8. The van der Waals surface area contributed by atoms with Gasteiger partial charge in [0.1, 0.15) is 17.3 Å². The van der Waals surface area contributed by atoms with E-state index in [2.05, 4.69) is 16.2 Å². The van der Waals surface area contributed by atoms with Gasteiger partial charge < -0.3 is 14.8 Å². The molecule has 0 aromatic heterocycles. The summed E-state index contributed by atoms with van der Waals surface area (Å²) in [7, 11) is 1.54. The number of benzene rings is 3. The van der Waals surface area contributed by atoms with E-state index in [1.807, 2.05) is 0 Å². The fourth-order valence-electron chi connectivity index (χ4n) is 2.78. The van der Waals surface area contributed by atoms with Gasteiger partial charge in [-0.1, -0.05) is 18.2 Å². The quantitative estimate of drug-likeness (QED) is 0.457. The van der Waals surface area contributed by atoms with E-state index in [-0.39, 0.29) is 24.5 Å². The van der Waals surface area contributed by atoms with Crippen LogP contribution < -0.4 is 25.6 Å². The number of hydrazine groups is 1. The predicted molar refractivity (Wildman–Crippen MR) is 119 cm³/mol. The van der Waals surface area contributed by atoms with Gasteiger partial charge in [0.15, 0.2) is 6.61 Å². The Balaban J connectivity index is 1.43. The molecule has 0 radical (unpaired) electrons. The van der Waals surface area contributed by atoms with Gasteiger partial charge in [-0.05, 0) is 54.1 Å². The zero-order chi connectivity index (χ0) is 23.6. The summed E-state index contributed by atoms with van der Waals surface area (Å²) in [6, 6.07) is 18.5. The second-order valence-electron chi connectivity index (χ2n) is 6.90. The average Bonchev–Trinajstić information content (AvgIpc) is 2.83. The summed E-state index contributed by atoms with van der Waals surface area (Å²) in [5.74, 6) is -0.699. The molecule has 0 fully saturated rings. The number of carbonyl (C=O) groups is 3. The second-order valence-corrected chi connectivity index (χ2v) is 6.90. The highest BCUT2D eigenvalue weighted by atomic mass is 19.1. The van der Waals surface area contributed by atoms with Crippen LogP contribution in [-0.2, 0) is 16.0 Å². The third kappa shape index (κ3) is 7.35. The van der Waals surface area contributed by atoms with Gasteiger partial charge in [0, 0.05) is 17.3 Å². The molecule has 0 saturated heterocycles. The number of ether oxygens (including phenoxy) is 2. The van der Waals surface area contributed by atoms with Crippen molar-refractivity contribution in [1.29, 1.82) is 0 Å². The molecule has 170 valence electrons. The third-order valence-electron chi connectivity index (χ3n) is 4.43. The lowest BCUT2D eigenvalue weighted by Gasteiger charge is -2.10. The Morgan fingerprint density at radius 1 is 0.848 bits per heavy atom. The molecule has 33 heavy (non-hydrogen) atoms. The highest BCUT2D eigenvalue weighted by Crippen LogP contribution is 2.17. The molecule has 0 bridgehead atoms. The van der Waals surface area contributed by atoms with E-state index in [1.54, 1.807) is 24.3 Å². The molecule has 3 aromatic carbocycles. The van der Waals surface area contributed by atoms with Crippen LogP contribution in [0.25, 0.3) is 0 Å². The molecule has 0 aliphatic rings. The van der Waals surface area contributed by atoms with Gasteiger partial charge in [-0.2, -0.15) is 0 Å². The van der Waals surface area contributed by atoms with Crippen LogP contribution in [0.5, 0.6) is 11.5 Å². The van der Waals surface area contributed by atoms with E-state index in [4.69, 9.17) is 9.47 Å². The van der Waals surface area contributed by atoms with Gasteiger partial charge in [0.05, 0.1) is 13.5 Å². The van der Waals surface area contributed by atoms with E-state index in [0.717, 1.165) is 0 Å². The van der Waals surface area contributed by atoms with Crippen LogP contribution in [0.15, 0.2) is 72.8 Å². The highest BCUT2D eigenvalue weighted by molar-refractivity contribution is 5.95. The predicted octanol–water partition coefficient (Wildman–Crippen LogP) is 2.86. The molecule has 3 amide bonds. The maximum Gasteiger partial charge on any atom is 0.269 e. The number of anilines is 1. The molecule has 9 heteroatoms. The molecular formula is C24H22FN3O5. The van der Waals surface area contributed by atoms with E-state index in [9.17, 15) is 18.8 Å². The standard InChI is InChI=1S/C24H22FN3O5/c1-32-21-4-2-3-19(14-21)26-23(30)15-33-20-11-7-17(8-12-20)24(31)28-27-22(29)13-16-5-9-18(25)10-6-16/h2-12,14H,13,15H2,1H3,(H,26,30)(H,27,29)(H,28,31). The van der Waals surface area contributed by atoms with Crippen LogP contribution in [0, 0.1) is 5.82 Å². The minimum atomic E-state index is -0.523. The van der Waals surface area contributed by atoms with E-state index in [0.29, 0.717) is 22.7 Å². The maximum absolute atomic E-state index is 12.9. The Kier molecular flexibility index (Phi) is 7.96. The molecule has 0 saturated carbocycles. The molecule has 8 nitrogen and oxygen atoms in total. The van der Waals surface area contributed by atoms with E-state index < -0.39 is 17.6 Å². The second kappa shape index (κ2) is 11.3. The molecule has 3 rings (SSSR count). The monoisotopic (exact) mass is 451 g/mol. The van der Waals surface area contributed by atoms with Crippen LogP contribution in [0.1, 0.15) is 15.9 Å². The first-order chi connectivity index (χ1) is 15.9. The van der Waals surface area contributed by atoms with Crippen molar-refractivity contribution in [2.45, 2.75) is 6.42 Å². The number of carbonyl (C=O) groups excluding carboxylic acids is 3. The molecule has 0 atom stereocenters. The van der Waals surface area contributed by atoms with Crippen molar-refractivity contribution in [1.82, 2.24) is 10.9 Å². The molecule has 3 N–H and O–H groups in total. The van der Waals surface area contributed by atoms with E-state index >= 15 is 0 Å². The first kappa shape index (κ1) is 23.3. The van der Waals surface area contributed by atoms with Crippen molar-refractivity contribution in [3.63, 3.8) is 0 Å². The Morgan fingerprint density at radius 2 is 1.58 bits per heavy atom. The van der Waals surface area contributed by atoms with Gasteiger partial charge in [-0.15, -0.1) is 0 Å². The first-order valence-corrected chi connectivity index (χ1v) is 9.93. The average molecular weight is 451 g/mol. The molecule has 3 aromatic rings. The summed E-state index contributed by atoms with van der Waals surface area (Å²) in [6.45, 7) is -0.220. The Labute approximate surface area is 189 Å². The Morgan fingerprint density at radius 3 is 2.27 bits per heavy atom. The summed E-state index contributed by atoms with van der Waals surface area (Å²) in [6.07, 6.45) is -0.00877. The Bertz CT molecular complexity index is 1120. The topological polar surface area (TPSA) is 106 Å². The normalized spacial score (nSPS) is 10.1. The van der Waals surface area contributed by atoms with Gasteiger partial charge in [0.2, 0.25) is 5.91 Å². The Hall–Kier alpha value is -4.40. The molecular weight excluding hydrogens is 429 g/mol. The molecule has 0 aliphatic heterocycles. The van der Waals surface area contributed by atoms with Crippen molar-refractivity contribution in [3.8, 4) is 11.5 Å². The van der Waals surface area contributed by atoms with Gasteiger partial charge in [-0.25, -0.2) is 4.39 Å². The maximum atomic E-state index is 12.9. The minimum Gasteiger partial charge on any atom is -0.497 e. The molecule has 0 spiro atoms. The number of halogens is 1. The van der Waals surface area contributed by atoms with Gasteiger partial charge >= 0.3 is 0 Å². The third-order valence-corrected chi connectivity index (χ3v) is 4.43. The van der Waals surface area contributed by atoms with Crippen LogP contribution in [-0.4, -0.2) is 31.4 Å². The molecule has 0 heterocycles. The lowest BCUT2D eigenvalue weighted by Crippen LogP contribution is -2.42. The minimum absolute atomic E-state index is 0.00877. The lowest BCUT2D eigenvalue weighted by atomic mass is 10.1. The number of hydrogen-bond acceptors (Lipinski definition) is 5. The smallest absolute Gasteiger partial charge is 0.269 e. The number of nitrogens with one attached hydrogen (secondary N) is 3. The number of amides is 3. The van der Waals surface area contributed by atoms with Gasteiger partial charge in [-0.3, -0.25) is 25.2 Å². The van der Waals surface area contributed by atoms with Crippen molar-refractivity contribution >= 4 is 23.4 Å². The fourth-order valence-corrected chi connectivity index (χ4v) is 2.78. The SMILES string of the molecule is COc1cccc(NC(=O)COc2ccc(C(=O)NNC(=O)Cc3ccc(F)cc3)cc2)c1. The first-order valence-electron chi connectivity index (χ1n) is 9.93. The summed E-state index contributed by atoms with van der Waals surface area (Å²) in [4.78, 5) is 36.2. The summed E-state index contributed by atoms with van der Waals surface area (Å²) in [5, 5.41) is 2.70. The van der Waals surface area contributed by atoms with Crippen LogP contribution in [0.4, 0.5) is 10.1 Å². The zero-order valence-corrected chi connectivity index (χ0v) is 17.8. The number of rotatable bonds is 8. The summed E-state index contributed by atoms with van der Waals surface area (Å²) < 4.78 is 23.4. The van der Waals surface area contributed by atoms with Crippen molar-refractivity contribution in [2.75, 3.05) is 19.0 Å². The van der Waals surface area contributed by atoms with Crippen LogP contribution in [0.3, 0.4) is 0 Å². The number of hydrogen-bond donors (Lipinski definition) is 3. The fraction of sp³-hybridized carbons (Fsp3) is 0.125. The summed E-state index contributed by atoms with van der Waals surface area (Å²) >= 11 is 0. The lowest BCUT2D eigenvalue weighted by molar-refractivity contribution is -0.121. The van der Waals surface area contributed by atoms with Crippen LogP contribution in [0.2, 0.25) is 0 Å².